The van der Waals surface area contributed by atoms with Gasteiger partial charge in [0.15, 0.2) is 0 Å². The SMILES string of the molecule is CN(C(=O)NC1CCCC1(C)C(=O)O)c1ccccc1F. The van der Waals surface area contributed by atoms with E-state index in [1.165, 1.54) is 19.2 Å². The molecule has 2 amide bonds. The van der Waals surface area contributed by atoms with E-state index in [1.807, 2.05) is 0 Å². The van der Waals surface area contributed by atoms with E-state index in [1.54, 1.807) is 19.1 Å². The number of carboxylic acids is 1. The van der Waals surface area contributed by atoms with Crippen molar-refractivity contribution in [2.24, 2.45) is 5.41 Å². The summed E-state index contributed by atoms with van der Waals surface area (Å²) in [6.07, 6.45) is 1.88. The molecule has 0 aliphatic heterocycles. The highest BCUT2D eigenvalue weighted by Crippen LogP contribution is 2.38. The average molecular weight is 294 g/mol. The Bertz CT molecular complexity index is 564. The molecule has 1 aliphatic rings. The molecular weight excluding hydrogens is 275 g/mol. The molecule has 1 saturated carbocycles. The second kappa shape index (κ2) is 5.71. The minimum atomic E-state index is -0.967. The van der Waals surface area contributed by atoms with Crippen LogP contribution < -0.4 is 10.2 Å². The third kappa shape index (κ3) is 2.84. The summed E-state index contributed by atoms with van der Waals surface area (Å²) in [5.41, 5.74) is -0.809. The number of para-hydroxylation sites is 1. The molecule has 114 valence electrons. The Hall–Kier alpha value is -2.11. The van der Waals surface area contributed by atoms with Crippen molar-refractivity contribution in [1.29, 1.82) is 0 Å². The topological polar surface area (TPSA) is 69.6 Å². The number of urea groups is 1. The van der Waals surface area contributed by atoms with Crippen molar-refractivity contribution in [3.63, 3.8) is 0 Å². The van der Waals surface area contributed by atoms with Crippen LogP contribution in [0, 0.1) is 11.2 Å². The van der Waals surface area contributed by atoms with Crippen molar-refractivity contribution in [1.82, 2.24) is 5.32 Å². The van der Waals surface area contributed by atoms with Crippen molar-refractivity contribution in [3.05, 3.63) is 30.1 Å². The lowest BCUT2D eigenvalue weighted by molar-refractivity contribution is -0.148. The van der Waals surface area contributed by atoms with Crippen LogP contribution in [0.4, 0.5) is 14.9 Å². The number of carboxylic acid groups (broad SMARTS) is 1. The quantitative estimate of drug-likeness (QED) is 0.900. The molecule has 5 nitrogen and oxygen atoms in total. The van der Waals surface area contributed by atoms with Crippen molar-refractivity contribution < 1.29 is 19.1 Å². The van der Waals surface area contributed by atoms with Gasteiger partial charge < -0.3 is 10.4 Å². The van der Waals surface area contributed by atoms with Crippen LogP contribution in [0.2, 0.25) is 0 Å². The molecule has 2 atom stereocenters. The van der Waals surface area contributed by atoms with Gasteiger partial charge in [-0.15, -0.1) is 0 Å². The van der Waals surface area contributed by atoms with Crippen molar-refractivity contribution in [2.75, 3.05) is 11.9 Å². The first-order valence-corrected chi connectivity index (χ1v) is 6.88. The van der Waals surface area contributed by atoms with Crippen LogP contribution in [0.5, 0.6) is 0 Å². The lowest BCUT2D eigenvalue weighted by Crippen LogP contribution is -2.50. The molecule has 1 aromatic rings. The van der Waals surface area contributed by atoms with Crippen LogP contribution in [-0.4, -0.2) is 30.2 Å². The molecule has 0 saturated heterocycles. The molecule has 0 spiro atoms. The molecule has 1 aromatic carbocycles. The summed E-state index contributed by atoms with van der Waals surface area (Å²) < 4.78 is 13.7. The molecule has 0 heterocycles. The van der Waals surface area contributed by atoms with Crippen LogP contribution in [0.3, 0.4) is 0 Å². The lowest BCUT2D eigenvalue weighted by atomic mass is 9.85. The standard InChI is InChI=1S/C15H19FN2O3/c1-15(13(19)20)9-5-8-12(15)17-14(21)18(2)11-7-4-3-6-10(11)16/h3-4,6-7,12H,5,8-9H2,1-2H3,(H,17,21)(H,19,20). The maximum atomic E-state index is 13.7. The smallest absolute Gasteiger partial charge is 0.321 e. The van der Waals surface area contributed by atoms with Gasteiger partial charge in [0.2, 0.25) is 0 Å². The van der Waals surface area contributed by atoms with E-state index in [9.17, 15) is 19.1 Å². The number of aliphatic carboxylic acids is 1. The van der Waals surface area contributed by atoms with Crippen LogP contribution in [0.25, 0.3) is 0 Å². The molecule has 2 N–H and O–H groups in total. The highest BCUT2D eigenvalue weighted by atomic mass is 19.1. The Morgan fingerprint density at radius 1 is 1.43 bits per heavy atom. The highest BCUT2D eigenvalue weighted by molar-refractivity contribution is 5.92. The van der Waals surface area contributed by atoms with Crippen molar-refractivity contribution in [3.8, 4) is 0 Å². The summed E-state index contributed by atoms with van der Waals surface area (Å²) in [6, 6.07) is 5.01. The Labute approximate surface area is 122 Å². The zero-order chi connectivity index (χ0) is 15.6. The predicted octanol–water partition coefficient (Wildman–Crippen LogP) is 2.61. The van der Waals surface area contributed by atoms with E-state index in [0.717, 1.165) is 11.3 Å². The summed E-state index contributed by atoms with van der Waals surface area (Å²) in [7, 11) is 1.46. The normalized spacial score (nSPS) is 24.6. The van der Waals surface area contributed by atoms with Gasteiger partial charge in [-0.3, -0.25) is 9.69 Å². The van der Waals surface area contributed by atoms with Gasteiger partial charge in [-0.25, -0.2) is 9.18 Å². The van der Waals surface area contributed by atoms with Gasteiger partial charge in [0.25, 0.3) is 0 Å². The molecule has 21 heavy (non-hydrogen) atoms. The van der Waals surface area contributed by atoms with Crippen LogP contribution in [0.15, 0.2) is 24.3 Å². The number of amides is 2. The molecule has 6 heteroatoms. The van der Waals surface area contributed by atoms with Gasteiger partial charge >= 0.3 is 12.0 Å². The van der Waals surface area contributed by atoms with Gasteiger partial charge in [0, 0.05) is 13.1 Å². The number of nitrogens with one attached hydrogen (secondary N) is 1. The van der Waals surface area contributed by atoms with E-state index < -0.39 is 29.3 Å². The Kier molecular flexibility index (Phi) is 4.16. The van der Waals surface area contributed by atoms with E-state index >= 15 is 0 Å². The van der Waals surface area contributed by atoms with E-state index in [4.69, 9.17) is 0 Å². The summed E-state index contributed by atoms with van der Waals surface area (Å²) >= 11 is 0. The second-order valence-electron chi connectivity index (χ2n) is 5.63. The number of benzene rings is 1. The summed E-state index contributed by atoms with van der Waals surface area (Å²) in [6.45, 7) is 1.64. The molecule has 0 aromatic heterocycles. The summed E-state index contributed by atoms with van der Waals surface area (Å²) in [5, 5.41) is 12.0. The van der Waals surface area contributed by atoms with Crippen LogP contribution in [-0.2, 0) is 4.79 Å². The van der Waals surface area contributed by atoms with Crippen LogP contribution in [0.1, 0.15) is 26.2 Å². The average Bonchev–Trinajstić information content (AvgIpc) is 2.81. The summed E-state index contributed by atoms with van der Waals surface area (Å²) in [4.78, 5) is 24.8. The zero-order valence-electron chi connectivity index (χ0n) is 12.1. The van der Waals surface area contributed by atoms with Gasteiger partial charge in [-0.2, -0.15) is 0 Å². The molecule has 1 aliphatic carbocycles. The molecule has 0 bridgehead atoms. The molecule has 2 rings (SSSR count). The van der Waals surface area contributed by atoms with Gasteiger partial charge in [0.1, 0.15) is 5.82 Å². The third-order valence-corrected chi connectivity index (χ3v) is 4.26. The Balaban J connectivity index is 2.11. The Morgan fingerprint density at radius 2 is 2.10 bits per heavy atom. The number of hydrogen-bond donors (Lipinski definition) is 2. The second-order valence-corrected chi connectivity index (χ2v) is 5.63. The predicted molar refractivity (Wildman–Crippen MR) is 76.7 cm³/mol. The van der Waals surface area contributed by atoms with Gasteiger partial charge in [-0.05, 0) is 31.9 Å². The lowest BCUT2D eigenvalue weighted by Gasteiger charge is -2.29. The van der Waals surface area contributed by atoms with Gasteiger partial charge in [0.05, 0.1) is 11.1 Å². The number of hydrogen-bond acceptors (Lipinski definition) is 2. The molecule has 2 unspecified atom stereocenters. The Morgan fingerprint density at radius 3 is 2.71 bits per heavy atom. The fraction of sp³-hybridized carbons (Fsp3) is 0.467. The monoisotopic (exact) mass is 294 g/mol. The maximum absolute atomic E-state index is 13.7. The van der Waals surface area contributed by atoms with E-state index in [-0.39, 0.29) is 5.69 Å². The number of nitrogens with zero attached hydrogens (tertiary/aromatic N) is 1. The van der Waals surface area contributed by atoms with E-state index in [0.29, 0.717) is 12.8 Å². The first-order chi connectivity index (χ1) is 9.86. The first kappa shape index (κ1) is 15.3. The fourth-order valence-corrected chi connectivity index (χ4v) is 2.73. The molecule has 0 radical (unpaired) electrons. The number of anilines is 1. The number of halogens is 1. The van der Waals surface area contributed by atoms with Gasteiger partial charge in [-0.1, -0.05) is 18.6 Å². The minimum Gasteiger partial charge on any atom is -0.481 e. The van der Waals surface area contributed by atoms with Crippen LogP contribution >= 0.6 is 0 Å². The summed E-state index contributed by atoms with van der Waals surface area (Å²) in [5.74, 6) is -1.42. The molecular formula is C15H19FN2O3. The number of carbonyl (C=O) groups is 2. The zero-order valence-corrected chi connectivity index (χ0v) is 12.1. The maximum Gasteiger partial charge on any atom is 0.321 e. The van der Waals surface area contributed by atoms with Crippen molar-refractivity contribution >= 4 is 17.7 Å². The largest absolute Gasteiger partial charge is 0.481 e. The highest BCUT2D eigenvalue weighted by Gasteiger charge is 2.46. The third-order valence-electron chi connectivity index (χ3n) is 4.26. The van der Waals surface area contributed by atoms with Crippen molar-refractivity contribution in [2.45, 2.75) is 32.2 Å². The number of rotatable bonds is 3. The molecule has 1 fully saturated rings. The minimum absolute atomic E-state index is 0.157. The first-order valence-electron chi connectivity index (χ1n) is 6.88. The fourth-order valence-electron chi connectivity index (χ4n) is 2.73. The number of carbonyl (C=O) groups excluding carboxylic acids is 1. The van der Waals surface area contributed by atoms with E-state index in [2.05, 4.69) is 5.32 Å².